The van der Waals surface area contributed by atoms with Crippen LogP contribution in [0.25, 0.3) is 0 Å². The second-order valence-corrected chi connectivity index (χ2v) is 5.88. The van der Waals surface area contributed by atoms with E-state index in [9.17, 15) is 4.79 Å². The first kappa shape index (κ1) is 17.2. The Kier molecular flexibility index (Phi) is 6.36. The van der Waals surface area contributed by atoms with Gasteiger partial charge in [0, 0.05) is 31.0 Å². The van der Waals surface area contributed by atoms with Gasteiger partial charge in [-0.1, -0.05) is 27.7 Å². The van der Waals surface area contributed by atoms with Crippen molar-refractivity contribution in [3.63, 3.8) is 0 Å². The molecule has 0 radical (unpaired) electrons. The number of nitrogen functional groups attached to an aromatic ring is 1. The summed E-state index contributed by atoms with van der Waals surface area (Å²) in [6, 6.07) is 1.72. The van der Waals surface area contributed by atoms with Crippen LogP contribution >= 0.6 is 0 Å². The van der Waals surface area contributed by atoms with Crippen molar-refractivity contribution >= 4 is 17.5 Å². The molecule has 0 spiro atoms. The van der Waals surface area contributed by atoms with Crippen LogP contribution in [0.3, 0.4) is 0 Å². The molecule has 0 bridgehead atoms. The lowest BCUT2D eigenvalue weighted by Crippen LogP contribution is -2.26. The summed E-state index contributed by atoms with van der Waals surface area (Å²) in [6.45, 7) is 9.34. The molecule has 7 heteroatoms. The molecule has 1 amide bonds. The number of anilines is 2. The van der Waals surface area contributed by atoms with E-state index in [0.29, 0.717) is 37.0 Å². The Morgan fingerprint density at radius 1 is 1.24 bits per heavy atom. The lowest BCUT2D eigenvalue weighted by Gasteiger charge is -2.18. The highest BCUT2D eigenvalue weighted by molar-refractivity contribution is 5.76. The van der Waals surface area contributed by atoms with Crippen molar-refractivity contribution < 1.29 is 4.79 Å². The van der Waals surface area contributed by atoms with Gasteiger partial charge in [-0.3, -0.25) is 4.79 Å². The van der Waals surface area contributed by atoms with E-state index in [-0.39, 0.29) is 11.3 Å². The molecule has 0 saturated heterocycles. The SMILES string of the molecule is CCCNC(=O)CCNc1cc(NN)nc(C(C)(C)C)n1. The maximum absolute atomic E-state index is 11.5. The van der Waals surface area contributed by atoms with E-state index in [4.69, 9.17) is 5.84 Å². The standard InChI is InChI=1S/C14H26N6O/c1-5-7-17-12(21)6-8-16-10-9-11(20-15)19-13(18-10)14(2,3)4/h9H,5-8,15H2,1-4H3,(H,17,21)(H2,16,18,19,20). The number of hydrogen-bond acceptors (Lipinski definition) is 6. The van der Waals surface area contributed by atoms with Gasteiger partial charge in [0.2, 0.25) is 5.91 Å². The Balaban J connectivity index is 2.64. The number of nitrogens with two attached hydrogens (primary N) is 1. The fourth-order valence-corrected chi connectivity index (χ4v) is 1.60. The zero-order chi connectivity index (χ0) is 15.9. The maximum Gasteiger partial charge on any atom is 0.221 e. The van der Waals surface area contributed by atoms with E-state index in [1.54, 1.807) is 6.07 Å². The van der Waals surface area contributed by atoms with Crippen molar-refractivity contribution in [1.29, 1.82) is 0 Å². The number of hydrogen-bond donors (Lipinski definition) is 4. The number of amides is 1. The monoisotopic (exact) mass is 294 g/mol. The minimum Gasteiger partial charge on any atom is -0.369 e. The van der Waals surface area contributed by atoms with Crippen LogP contribution < -0.4 is 21.9 Å². The molecule has 1 aromatic rings. The van der Waals surface area contributed by atoms with Crippen LogP contribution in [0.2, 0.25) is 0 Å². The van der Waals surface area contributed by atoms with Gasteiger partial charge in [0.05, 0.1) is 0 Å². The van der Waals surface area contributed by atoms with Crippen LogP contribution in [0.5, 0.6) is 0 Å². The second kappa shape index (κ2) is 7.78. The van der Waals surface area contributed by atoms with Crippen LogP contribution in [0.15, 0.2) is 6.07 Å². The van der Waals surface area contributed by atoms with Crippen molar-refractivity contribution in [3.8, 4) is 0 Å². The maximum atomic E-state index is 11.5. The Bertz CT molecular complexity index is 469. The average Bonchev–Trinajstić information content (AvgIpc) is 2.43. The fraction of sp³-hybridized carbons (Fsp3) is 0.643. The molecule has 21 heavy (non-hydrogen) atoms. The molecule has 1 aromatic heterocycles. The van der Waals surface area contributed by atoms with Crippen LogP contribution in [0, 0.1) is 0 Å². The summed E-state index contributed by atoms with van der Waals surface area (Å²) < 4.78 is 0. The molecule has 0 unspecified atom stereocenters. The van der Waals surface area contributed by atoms with Crippen molar-refractivity contribution in [2.75, 3.05) is 23.8 Å². The molecule has 1 heterocycles. The lowest BCUT2D eigenvalue weighted by molar-refractivity contribution is -0.120. The number of nitrogens with zero attached hydrogens (tertiary/aromatic N) is 2. The smallest absolute Gasteiger partial charge is 0.221 e. The quantitative estimate of drug-likeness (QED) is 0.447. The number of rotatable bonds is 7. The third-order valence-electron chi connectivity index (χ3n) is 2.78. The number of hydrazine groups is 1. The molecule has 7 nitrogen and oxygen atoms in total. The summed E-state index contributed by atoms with van der Waals surface area (Å²) in [5.74, 6) is 7.36. The van der Waals surface area contributed by atoms with Gasteiger partial charge in [-0.05, 0) is 6.42 Å². The summed E-state index contributed by atoms with van der Waals surface area (Å²) in [7, 11) is 0. The third-order valence-corrected chi connectivity index (χ3v) is 2.78. The molecule has 118 valence electrons. The van der Waals surface area contributed by atoms with Crippen LogP contribution in [0.1, 0.15) is 46.4 Å². The molecule has 5 N–H and O–H groups in total. The van der Waals surface area contributed by atoms with Crippen LogP contribution in [0.4, 0.5) is 11.6 Å². The molecule has 0 aromatic carbocycles. The molecule has 0 saturated carbocycles. The topological polar surface area (TPSA) is 105 Å². The average molecular weight is 294 g/mol. The van der Waals surface area contributed by atoms with E-state index in [2.05, 4.69) is 26.0 Å². The molecular weight excluding hydrogens is 268 g/mol. The summed E-state index contributed by atoms with van der Waals surface area (Å²) >= 11 is 0. The van der Waals surface area contributed by atoms with Crippen molar-refractivity contribution in [1.82, 2.24) is 15.3 Å². The number of carbonyl (C=O) groups is 1. The molecule has 0 aliphatic rings. The van der Waals surface area contributed by atoms with Crippen molar-refractivity contribution in [3.05, 3.63) is 11.9 Å². The van der Waals surface area contributed by atoms with Gasteiger partial charge in [0.25, 0.3) is 0 Å². The van der Waals surface area contributed by atoms with Gasteiger partial charge < -0.3 is 16.1 Å². The number of nitrogens with one attached hydrogen (secondary N) is 3. The van der Waals surface area contributed by atoms with Gasteiger partial charge in [-0.15, -0.1) is 0 Å². The lowest BCUT2D eigenvalue weighted by atomic mass is 9.96. The second-order valence-electron chi connectivity index (χ2n) is 5.88. The highest BCUT2D eigenvalue weighted by Gasteiger charge is 2.19. The van der Waals surface area contributed by atoms with E-state index >= 15 is 0 Å². The normalized spacial score (nSPS) is 11.1. The zero-order valence-corrected chi connectivity index (χ0v) is 13.3. The Morgan fingerprint density at radius 3 is 2.48 bits per heavy atom. The number of aromatic nitrogens is 2. The largest absolute Gasteiger partial charge is 0.369 e. The zero-order valence-electron chi connectivity index (χ0n) is 13.3. The van der Waals surface area contributed by atoms with E-state index in [1.165, 1.54) is 0 Å². The Morgan fingerprint density at radius 2 is 1.90 bits per heavy atom. The predicted molar refractivity (Wildman–Crippen MR) is 84.9 cm³/mol. The highest BCUT2D eigenvalue weighted by Crippen LogP contribution is 2.21. The van der Waals surface area contributed by atoms with E-state index in [1.807, 2.05) is 27.7 Å². The van der Waals surface area contributed by atoms with Gasteiger partial charge in [0.1, 0.15) is 17.5 Å². The molecule has 0 fully saturated rings. The fourth-order valence-electron chi connectivity index (χ4n) is 1.60. The van der Waals surface area contributed by atoms with Crippen molar-refractivity contribution in [2.24, 2.45) is 5.84 Å². The minimum atomic E-state index is -0.179. The summed E-state index contributed by atoms with van der Waals surface area (Å²) in [4.78, 5) is 20.3. The molecular formula is C14H26N6O. The summed E-state index contributed by atoms with van der Waals surface area (Å²) in [5.41, 5.74) is 2.36. The van der Waals surface area contributed by atoms with E-state index in [0.717, 1.165) is 6.42 Å². The Hall–Kier alpha value is -1.89. The Labute approximate surface area is 126 Å². The van der Waals surface area contributed by atoms with E-state index < -0.39 is 0 Å². The third kappa shape index (κ3) is 5.95. The molecule has 0 aliphatic heterocycles. The first-order valence-electron chi connectivity index (χ1n) is 7.23. The van der Waals surface area contributed by atoms with Gasteiger partial charge in [-0.25, -0.2) is 15.8 Å². The van der Waals surface area contributed by atoms with Gasteiger partial charge in [-0.2, -0.15) is 0 Å². The first-order valence-corrected chi connectivity index (χ1v) is 7.23. The predicted octanol–water partition coefficient (Wildman–Crippen LogP) is 1.39. The van der Waals surface area contributed by atoms with Crippen LogP contribution in [-0.4, -0.2) is 29.0 Å². The van der Waals surface area contributed by atoms with Gasteiger partial charge in [0.15, 0.2) is 0 Å². The molecule has 1 rings (SSSR count). The summed E-state index contributed by atoms with van der Waals surface area (Å²) in [5, 5.41) is 5.96. The molecule has 0 aliphatic carbocycles. The first-order chi connectivity index (χ1) is 9.86. The highest BCUT2D eigenvalue weighted by atomic mass is 16.1. The van der Waals surface area contributed by atoms with Crippen molar-refractivity contribution in [2.45, 2.75) is 46.0 Å². The molecule has 0 atom stereocenters. The van der Waals surface area contributed by atoms with Gasteiger partial charge >= 0.3 is 0 Å². The summed E-state index contributed by atoms with van der Waals surface area (Å²) in [6.07, 6.45) is 1.34. The van der Waals surface area contributed by atoms with Crippen LogP contribution in [-0.2, 0) is 10.2 Å². The number of carbonyl (C=O) groups excluding carboxylic acids is 1. The minimum absolute atomic E-state index is 0.0339.